The highest BCUT2D eigenvalue weighted by atomic mass is 32.2. The van der Waals surface area contributed by atoms with Gasteiger partial charge in [0.2, 0.25) is 10.0 Å². The van der Waals surface area contributed by atoms with Crippen molar-refractivity contribution < 1.29 is 8.42 Å². The summed E-state index contributed by atoms with van der Waals surface area (Å²) >= 11 is 0. The van der Waals surface area contributed by atoms with Crippen LogP contribution < -0.4 is 10.0 Å². The number of hydrogen-bond donors (Lipinski definition) is 2. The van der Waals surface area contributed by atoms with Gasteiger partial charge >= 0.3 is 0 Å². The van der Waals surface area contributed by atoms with Gasteiger partial charge in [-0.2, -0.15) is 0 Å². The summed E-state index contributed by atoms with van der Waals surface area (Å²) in [6.07, 6.45) is 5.04. The van der Waals surface area contributed by atoms with E-state index in [0.29, 0.717) is 4.90 Å². The zero-order chi connectivity index (χ0) is 15.3. The summed E-state index contributed by atoms with van der Waals surface area (Å²) in [5.74, 6) is 0. The third-order valence-electron chi connectivity index (χ3n) is 3.98. The molecule has 0 bridgehead atoms. The van der Waals surface area contributed by atoms with Crippen LogP contribution in [0, 0.1) is 0 Å². The zero-order valence-corrected chi connectivity index (χ0v) is 13.8. The molecule has 0 aliphatic carbocycles. The average Bonchev–Trinajstić information content (AvgIpc) is 2.46. The molecular weight excluding hydrogens is 284 g/mol. The fourth-order valence-electron chi connectivity index (χ4n) is 2.84. The Hall–Kier alpha value is -0.910. The Balaban J connectivity index is 2.12. The first kappa shape index (κ1) is 16.5. The molecule has 1 atom stereocenters. The van der Waals surface area contributed by atoms with Crippen LogP contribution in [0.1, 0.15) is 50.7 Å². The molecule has 21 heavy (non-hydrogen) atoms. The fourth-order valence-corrected chi connectivity index (χ4v) is 4.43. The van der Waals surface area contributed by atoms with Crippen LogP contribution in [0.2, 0.25) is 0 Å². The van der Waals surface area contributed by atoms with E-state index in [4.69, 9.17) is 0 Å². The van der Waals surface area contributed by atoms with E-state index >= 15 is 0 Å². The molecule has 4 nitrogen and oxygen atoms in total. The Kier molecular flexibility index (Phi) is 5.79. The van der Waals surface area contributed by atoms with Crippen LogP contribution in [0.25, 0.3) is 0 Å². The highest BCUT2D eigenvalue weighted by molar-refractivity contribution is 7.89. The molecule has 1 unspecified atom stereocenters. The second-order valence-electron chi connectivity index (χ2n) is 5.84. The normalized spacial score (nSPS) is 16.5. The van der Waals surface area contributed by atoms with Crippen LogP contribution >= 0.6 is 0 Å². The Bertz CT molecular complexity index is 570. The van der Waals surface area contributed by atoms with E-state index < -0.39 is 10.0 Å². The van der Waals surface area contributed by atoms with E-state index in [2.05, 4.69) is 17.0 Å². The van der Waals surface area contributed by atoms with Crippen LogP contribution in [-0.4, -0.2) is 21.0 Å². The fraction of sp³-hybridized carbons (Fsp3) is 0.625. The molecule has 1 aromatic carbocycles. The molecule has 0 aromatic heterocycles. The van der Waals surface area contributed by atoms with Crippen LogP contribution in [0.3, 0.4) is 0 Å². The molecule has 0 saturated heterocycles. The Morgan fingerprint density at radius 1 is 1.33 bits per heavy atom. The van der Waals surface area contributed by atoms with Crippen LogP contribution in [0.5, 0.6) is 0 Å². The SMILES string of the molecule is CCCCCC(C)NS(=O)(=O)c1cccc2c1CCNC2. The summed E-state index contributed by atoms with van der Waals surface area (Å²) in [6.45, 7) is 5.69. The maximum absolute atomic E-state index is 12.6. The van der Waals surface area contributed by atoms with Crippen molar-refractivity contribution >= 4 is 10.0 Å². The molecule has 1 aliphatic heterocycles. The minimum absolute atomic E-state index is 0.0147. The van der Waals surface area contributed by atoms with Gasteiger partial charge in [-0.25, -0.2) is 13.1 Å². The van der Waals surface area contributed by atoms with E-state index in [1.165, 1.54) is 0 Å². The number of hydrogen-bond acceptors (Lipinski definition) is 3. The molecule has 1 heterocycles. The maximum Gasteiger partial charge on any atom is 0.241 e. The number of fused-ring (bicyclic) bond motifs is 1. The molecule has 118 valence electrons. The van der Waals surface area contributed by atoms with E-state index in [0.717, 1.165) is 56.3 Å². The summed E-state index contributed by atoms with van der Waals surface area (Å²) in [5, 5.41) is 3.28. The van der Waals surface area contributed by atoms with Gasteiger partial charge in [0.15, 0.2) is 0 Å². The monoisotopic (exact) mass is 310 g/mol. The van der Waals surface area contributed by atoms with E-state index in [-0.39, 0.29) is 6.04 Å². The molecular formula is C16H26N2O2S. The first-order valence-corrected chi connectivity index (χ1v) is 9.36. The van der Waals surface area contributed by atoms with Gasteiger partial charge in [0, 0.05) is 12.6 Å². The summed E-state index contributed by atoms with van der Waals surface area (Å²) in [6, 6.07) is 5.55. The van der Waals surface area contributed by atoms with Gasteiger partial charge < -0.3 is 5.32 Å². The van der Waals surface area contributed by atoms with Gasteiger partial charge in [-0.3, -0.25) is 0 Å². The van der Waals surface area contributed by atoms with Crippen molar-refractivity contribution in [3.63, 3.8) is 0 Å². The number of benzene rings is 1. The summed E-state index contributed by atoms with van der Waals surface area (Å²) < 4.78 is 28.1. The number of sulfonamides is 1. The third kappa shape index (κ3) is 4.28. The Morgan fingerprint density at radius 3 is 2.90 bits per heavy atom. The number of rotatable bonds is 7. The largest absolute Gasteiger partial charge is 0.312 e. The maximum atomic E-state index is 12.6. The van der Waals surface area contributed by atoms with Gasteiger partial charge in [-0.15, -0.1) is 0 Å². The third-order valence-corrected chi connectivity index (χ3v) is 5.66. The minimum Gasteiger partial charge on any atom is -0.312 e. The van der Waals surface area contributed by atoms with Crippen molar-refractivity contribution in [1.82, 2.24) is 10.0 Å². The van der Waals surface area contributed by atoms with Gasteiger partial charge in [-0.1, -0.05) is 38.3 Å². The van der Waals surface area contributed by atoms with Crippen LogP contribution in [0.4, 0.5) is 0 Å². The lowest BCUT2D eigenvalue weighted by Crippen LogP contribution is -2.34. The first-order valence-electron chi connectivity index (χ1n) is 7.88. The van der Waals surface area contributed by atoms with E-state index in [1.807, 2.05) is 19.1 Å². The number of nitrogens with one attached hydrogen (secondary N) is 2. The van der Waals surface area contributed by atoms with Crippen LogP contribution in [0.15, 0.2) is 23.1 Å². The number of unbranched alkanes of at least 4 members (excludes halogenated alkanes) is 2. The average molecular weight is 310 g/mol. The van der Waals surface area contributed by atoms with Gasteiger partial charge in [0.1, 0.15) is 0 Å². The minimum atomic E-state index is -3.42. The molecule has 1 aromatic rings. The van der Waals surface area contributed by atoms with Gasteiger partial charge in [0.25, 0.3) is 0 Å². The van der Waals surface area contributed by atoms with Crippen molar-refractivity contribution in [3.05, 3.63) is 29.3 Å². The Morgan fingerprint density at radius 2 is 2.14 bits per heavy atom. The molecule has 0 radical (unpaired) electrons. The molecule has 2 rings (SSSR count). The van der Waals surface area contributed by atoms with Crippen molar-refractivity contribution in [2.45, 2.75) is 63.4 Å². The van der Waals surface area contributed by atoms with Crippen molar-refractivity contribution in [2.24, 2.45) is 0 Å². The highest BCUT2D eigenvalue weighted by Crippen LogP contribution is 2.23. The predicted octanol–water partition coefficient (Wildman–Crippen LogP) is 2.58. The highest BCUT2D eigenvalue weighted by Gasteiger charge is 2.23. The molecule has 0 spiro atoms. The molecule has 1 aliphatic rings. The second kappa shape index (κ2) is 7.38. The molecule has 0 fully saturated rings. The standard InChI is InChI=1S/C16H26N2O2S/c1-3-4-5-7-13(2)18-21(19,20)16-9-6-8-14-12-17-11-10-15(14)16/h6,8-9,13,17-18H,3-5,7,10-12H2,1-2H3. The van der Waals surface area contributed by atoms with E-state index in [9.17, 15) is 8.42 Å². The van der Waals surface area contributed by atoms with Gasteiger partial charge in [-0.05, 0) is 43.5 Å². The van der Waals surface area contributed by atoms with Crippen molar-refractivity contribution in [2.75, 3.05) is 6.54 Å². The quantitative estimate of drug-likeness (QED) is 0.761. The second-order valence-corrected chi connectivity index (χ2v) is 7.52. The summed E-state index contributed by atoms with van der Waals surface area (Å²) in [5.41, 5.74) is 2.08. The lowest BCUT2D eigenvalue weighted by molar-refractivity contribution is 0.525. The van der Waals surface area contributed by atoms with Gasteiger partial charge in [0.05, 0.1) is 4.90 Å². The smallest absolute Gasteiger partial charge is 0.241 e. The molecule has 0 amide bonds. The van der Waals surface area contributed by atoms with Crippen LogP contribution in [-0.2, 0) is 23.0 Å². The zero-order valence-electron chi connectivity index (χ0n) is 13.0. The van der Waals surface area contributed by atoms with Crippen molar-refractivity contribution in [1.29, 1.82) is 0 Å². The molecule has 0 saturated carbocycles. The summed E-state index contributed by atoms with van der Waals surface area (Å²) in [7, 11) is -3.42. The van der Waals surface area contributed by atoms with E-state index in [1.54, 1.807) is 6.07 Å². The summed E-state index contributed by atoms with van der Waals surface area (Å²) in [4.78, 5) is 0.462. The predicted molar refractivity (Wildman–Crippen MR) is 85.8 cm³/mol. The van der Waals surface area contributed by atoms with Crippen molar-refractivity contribution in [3.8, 4) is 0 Å². The lowest BCUT2D eigenvalue weighted by Gasteiger charge is -2.21. The Labute approximate surface area is 128 Å². The molecule has 2 N–H and O–H groups in total. The molecule has 5 heteroatoms. The topological polar surface area (TPSA) is 58.2 Å². The lowest BCUT2D eigenvalue weighted by atomic mass is 10.0. The first-order chi connectivity index (χ1) is 10.0.